The summed E-state index contributed by atoms with van der Waals surface area (Å²) < 4.78 is 0. The molecule has 1 aliphatic rings. The monoisotopic (exact) mass is 409 g/mol. The molecule has 0 saturated carbocycles. The van der Waals surface area contributed by atoms with E-state index in [1.54, 1.807) is 17.9 Å². The SMILES string of the molecule is Cc1cc(C(=O)N2CCc3ccc(NC(=O)/C=C/CN(C)C)cc3C2)c(O)cc1O. The molecule has 158 valence electrons. The second-order valence-electron chi connectivity index (χ2n) is 7.77. The third-order valence-corrected chi connectivity index (χ3v) is 5.06. The van der Waals surface area contributed by atoms with E-state index in [9.17, 15) is 19.8 Å². The smallest absolute Gasteiger partial charge is 0.257 e. The van der Waals surface area contributed by atoms with Crippen molar-refractivity contribution in [3.05, 3.63) is 64.7 Å². The summed E-state index contributed by atoms with van der Waals surface area (Å²) in [6.45, 7) is 3.27. The van der Waals surface area contributed by atoms with Crippen LogP contribution in [0.25, 0.3) is 0 Å². The number of nitrogens with zero attached hydrogens (tertiary/aromatic N) is 2. The minimum atomic E-state index is -0.290. The first-order valence-electron chi connectivity index (χ1n) is 9.80. The molecule has 0 aliphatic carbocycles. The fraction of sp³-hybridized carbons (Fsp3) is 0.304. The van der Waals surface area contributed by atoms with Gasteiger partial charge >= 0.3 is 0 Å². The van der Waals surface area contributed by atoms with E-state index in [2.05, 4.69) is 5.32 Å². The molecule has 0 atom stereocenters. The van der Waals surface area contributed by atoms with Crippen LogP contribution in [-0.4, -0.2) is 59.0 Å². The van der Waals surface area contributed by atoms with E-state index in [0.717, 1.165) is 11.1 Å². The number of nitrogens with one attached hydrogen (secondary N) is 1. The standard InChI is InChI=1S/C23H27N3O4/c1-15-11-19(21(28)13-20(15)27)23(30)26-10-8-16-6-7-18(12-17(16)14-26)24-22(29)5-4-9-25(2)3/h4-7,11-13,27-28H,8-10,14H2,1-3H3,(H,24,29)/b5-4+. The molecule has 3 rings (SSSR count). The molecule has 0 fully saturated rings. The number of fused-ring (bicyclic) bond motifs is 1. The number of hydrogen-bond acceptors (Lipinski definition) is 5. The Hall–Kier alpha value is -3.32. The predicted octanol–water partition coefficient (Wildman–Crippen LogP) is 2.66. The Morgan fingerprint density at radius 3 is 2.63 bits per heavy atom. The maximum Gasteiger partial charge on any atom is 0.257 e. The van der Waals surface area contributed by atoms with Gasteiger partial charge in [0.15, 0.2) is 0 Å². The Morgan fingerprint density at radius 1 is 1.13 bits per heavy atom. The maximum atomic E-state index is 12.9. The molecule has 2 aromatic carbocycles. The van der Waals surface area contributed by atoms with Crippen LogP contribution in [0.15, 0.2) is 42.5 Å². The Labute approximate surface area is 176 Å². The highest BCUT2D eigenvalue weighted by molar-refractivity contribution is 5.99. The Kier molecular flexibility index (Phi) is 6.42. The van der Waals surface area contributed by atoms with Crippen LogP contribution in [0.2, 0.25) is 0 Å². The fourth-order valence-electron chi connectivity index (χ4n) is 3.39. The minimum absolute atomic E-state index is 0.0481. The van der Waals surface area contributed by atoms with Crippen molar-refractivity contribution in [1.29, 1.82) is 0 Å². The summed E-state index contributed by atoms with van der Waals surface area (Å²) in [5.41, 5.74) is 3.46. The zero-order valence-corrected chi connectivity index (χ0v) is 17.5. The van der Waals surface area contributed by atoms with Crippen molar-refractivity contribution in [1.82, 2.24) is 9.80 Å². The van der Waals surface area contributed by atoms with E-state index < -0.39 is 0 Å². The number of phenolic OH excluding ortho intramolecular Hbond substituents is 2. The average Bonchev–Trinajstić information content (AvgIpc) is 2.69. The predicted molar refractivity (Wildman–Crippen MR) is 116 cm³/mol. The molecule has 0 bridgehead atoms. The highest BCUT2D eigenvalue weighted by Gasteiger charge is 2.24. The van der Waals surface area contributed by atoms with Crippen molar-refractivity contribution < 1.29 is 19.8 Å². The van der Waals surface area contributed by atoms with E-state index in [1.165, 1.54) is 18.2 Å². The van der Waals surface area contributed by atoms with Crippen LogP contribution in [0.1, 0.15) is 27.0 Å². The van der Waals surface area contributed by atoms with Gasteiger partial charge in [0.1, 0.15) is 11.5 Å². The maximum absolute atomic E-state index is 12.9. The first kappa shape index (κ1) is 21.4. The van der Waals surface area contributed by atoms with Gasteiger partial charge in [0.05, 0.1) is 5.56 Å². The van der Waals surface area contributed by atoms with Crippen molar-refractivity contribution in [2.24, 2.45) is 0 Å². The molecule has 0 spiro atoms. The van der Waals surface area contributed by atoms with Gasteiger partial charge in [-0.2, -0.15) is 0 Å². The number of phenols is 2. The van der Waals surface area contributed by atoms with Crippen LogP contribution in [-0.2, 0) is 17.8 Å². The van der Waals surface area contributed by atoms with Crippen molar-refractivity contribution in [2.75, 3.05) is 32.5 Å². The lowest BCUT2D eigenvalue weighted by Crippen LogP contribution is -2.36. The van der Waals surface area contributed by atoms with Crippen LogP contribution in [0, 0.1) is 6.92 Å². The number of hydrogen-bond donors (Lipinski definition) is 3. The summed E-state index contributed by atoms with van der Waals surface area (Å²) in [7, 11) is 3.86. The number of carbonyl (C=O) groups is 2. The zero-order chi connectivity index (χ0) is 21.8. The topological polar surface area (TPSA) is 93.1 Å². The van der Waals surface area contributed by atoms with Gasteiger partial charge < -0.3 is 25.3 Å². The largest absolute Gasteiger partial charge is 0.508 e. The Balaban J connectivity index is 1.73. The molecule has 2 aromatic rings. The van der Waals surface area contributed by atoms with Crippen molar-refractivity contribution >= 4 is 17.5 Å². The van der Waals surface area contributed by atoms with Crippen LogP contribution in [0.4, 0.5) is 5.69 Å². The highest BCUT2D eigenvalue weighted by Crippen LogP contribution is 2.30. The average molecular weight is 409 g/mol. The quantitative estimate of drug-likeness (QED) is 0.660. The molecule has 0 unspecified atom stereocenters. The Bertz CT molecular complexity index is 998. The number of carbonyl (C=O) groups excluding carboxylic acids is 2. The van der Waals surface area contributed by atoms with E-state index in [4.69, 9.17) is 0 Å². The normalized spacial score (nSPS) is 13.5. The molecule has 1 heterocycles. The van der Waals surface area contributed by atoms with E-state index in [1.807, 2.05) is 37.2 Å². The van der Waals surface area contributed by atoms with Crippen LogP contribution in [0.5, 0.6) is 11.5 Å². The number of likely N-dealkylation sites (N-methyl/N-ethyl adjacent to an activating group) is 1. The highest BCUT2D eigenvalue weighted by atomic mass is 16.3. The fourth-order valence-corrected chi connectivity index (χ4v) is 3.39. The zero-order valence-electron chi connectivity index (χ0n) is 17.5. The van der Waals surface area contributed by atoms with Crippen molar-refractivity contribution in [2.45, 2.75) is 19.9 Å². The number of aromatic hydroxyl groups is 2. The van der Waals surface area contributed by atoms with Gasteiger partial charge in [-0.05, 0) is 62.3 Å². The molecular weight excluding hydrogens is 382 g/mol. The third kappa shape index (κ3) is 4.99. The first-order chi connectivity index (χ1) is 14.2. The molecule has 1 aliphatic heterocycles. The Morgan fingerprint density at radius 2 is 1.90 bits per heavy atom. The number of rotatable bonds is 5. The van der Waals surface area contributed by atoms with E-state index in [-0.39, 0.29) is 28.9 Å². The number of amides is 2. The molecule has 7 nitrogen and oxygen atoms in total. The molecule has 2 amide bonds. The number of aryl methyl sites for hydroxylation is 1. The van der Waals surface area contributed by atoms with Gasteiger partial charge in [-0.25, -0.2) is 0 Å². The number of anilines is 1. The van der Waals surface area contributed by atoms with Gasteiger partial charge in [-0.15, -0.1) is 0 Å². The van der Waals surface area contributed by atoms with Crippen LogP contribution < -0.4 is 5.32 Å². The third-order valence-electron chi connectivity index (χ3n) is 5.06. The lowest BCUT2D eigenvalue weighted by atomic mass is 9.98. The van der Waals surface area contributed by atoms with Crippen molar-refractivity contribution in [3.63, 3.8) is 0 Å². The molecule has 0 saturated heterocycles. The van der Waals surface area contributed by atoms with Crippen molar-refractivity contribution in [3.8, 4) is 11.5 Å². The lowest BCUT2D eigenvalue weighted by molar-refractivity contribution is -0.111. The molecular formula is C23H27N3O4. The van der Waals surface area contributed by atoms with Gasteiger partial charge in [-0.3, -0.25) is 9.59 Å². The summed E-state index contributed by atoms with van der Waals surface area (Å²) in [4.78, 5) is 28.6. The van der Waals surface area contributed by atoms with Crippen LogP contribution >= 0.6 is 0 Å². The molecule has 3 N–H and O–H groups in total. The molecule has 0 radical (unpaired) electrons. The first-order valence-corrected chi connectivity index (χ1v) is 9.80. The lowest BCUT2D eigenvalue weighted by Gasteiger charge is -2.29. The second kappa shape index (κ2) is 9.00. The van der Waals surface area contributed by atoms with Crippen LogP contribution in [0.3, 0.4) is 0 Å². The second-order valence-corrected chi connectivity index (χ2v) is 7.77. The summed E-state index contributed by atoms with van der Waals surface area (Å²) in [6.07, 6.45) is 3.99. The molecule has 0 aromatic heterocycles. The summed E-state index contributed by atoms with van der Waals surface area (Å²) in [5, 5.41) is 22.6. The number of benzene rings is 2. The van der Waals surface area contributed by atoms with Gasteiger partial charge in [0, 0.05) is 37.5 Å². The van der Waals surface area contributed by atoms with Gasteiger partial charge in [0.25, 0.3) is 5.91 Å². The van der Waals surface area contributed by atoms with Gasteiger partial charge in [-0.1, -0.05) is 12.1 Å². The van der Waals surface area contributed by atoms with E-state index in [0.29, 0.717) is 37.3 Å². The van der Waals surface area contributed by atoms with E-state index >= 15 is 0 Å². The summed E-state index contributed by atoms with van der Waals surface area (Å²) in [6, 6.07) is 8.41. The summed E-state index contributed by atoms with van der Waals surface area (Å²) in [5.74, 6) is -0.778. The molecule has 7 heteroatoms. The molecule has 30 heavy (non-hydrogen) atoms. The van der Waals surface area contributed by atoms with Gasteiger partial charge in [0.2, 0.25) is 5.91 Å². The minimum Gasteiger partial charge on any atom is -0.508 e. The summed E-state index contributed by atoms with van der Waals surface area (Å²) >= 11 is 0.